The number of fused-ring (bicyclic) bond motifs is 1. The van der Waals surface area contributed by atoms with E-state index in [0.29, 0.717) is 55.8 Å². The van der Waals surface area contributed by atoms with Crippen LogP contribution in [-0.2, 0) is 14.3 Å². The summed E-state index contributed by atoms with van der Waals surface area (Å²) < 4.78 is 33.6. The molecule has 2 aliphatic rings. The highest BCUT2D eigenvalue weighted by Gasteiger charge is 2.33. The average Bonchev–Trinajstić information content (AvgIpc) is 3.38. The fraction of sp³-hybridized carbons (Fsp3) is 0.536. The van der Waals surface area contributed by atoms with Gasteiger partial charge in [0.2, 0.25) is 0 Å². The Kier molecular flexibility index (Phi) is 9.87. The molecular formula is C28H37NO8. The van der Waals surface area contributed by atoms with Crippen molar-refractivity contribution in [3.63, 3.8) is 0 Å². The smallest absolute Gasteiger partial charge is 0.309 e. The maximum Gasteiger partial charge on any atom is 0.309 e. The van der Waals surface area contributed by atoms with Crippen LogP contribution in [0.4, 0.5) is 0 Å². The minimum Gasteiger partial charge on any atom is -0.497 e. The van der Waals surface area contributed by atoms with Crippen LogP contribution in [0.2, 0.25) is 0 Å². The number of methoxy groups -OCH3 is 1. The molecule has 0 radical (unpaired) electrons. The summed E-state index contributed by atoms with van der Waals surface area (Å²) in [5.41, 5.74) is 0.608. The van der Waals surface area contributed by atoms with Crippen molar-refractivity contribution >= 4 is 5.97 Å². The third kappa shape index (κ3) is 7.50. The van der Waals surface area contributed by atoms with Crippen molar-refractivity contribution in [1.29, 1.82) is 0 Å². The minimum absolute atomic E-state index is 0.0543. The zero-order valence-electron chi connectivity index (χ0n) is 21.6. The number of hydrogen-bond donors (Lipinski definition) is 1. The molecule has 2 aromatic carbocycles. The molecule has 1 saturated heterocycles. The van der Waals surface area contributed by atoms with Crippen LogP contribution in [0.25, 0.3) is 0 Å². The Labute approximate surface area is 218 Å². The van der Waals surface area contributed by atoms with Gasteiger partial charge in [-0.25, -0.2) is 0 Å². The van der Waals surface area contributed by atoms with E-state index >= 15 is 0 Å². The van der Waals surface area contributed by atoms with Crippen LogP contribution in [0, 0.1) is 0 Å². The van der Waals surface area contributed by atoms with Gasteiger partial charge in [-0.3, -0.25) is 9.69 Å². The van der Waals surface area contributed by atoms with E-state index in [1.807, 2.05) is 6.92 Å². The first-order valence-corrected chi connectivity index (χ1v) is 12.9. The number of esters is 1. The van der Waals surface area contributed by atoms with E-state index in [4.69, 9.17) is 28.4 Å². The van der Waals surface area contributed by atoms with Crippen molar-refractivity contribution in [2.24, 2.45) is 0 Å². The van der Waals surface area contributed by atoms with Crippen LogP contribution in [-0.4, -0.2) is 81.4 Å². The van der Waals surface area contributed by atoms with Crippen LogP contribution in [0.1, 0.15) is 37.9 Å². The van der Waals surface area contributed by atoms with Gasteiger partial charge in [0.15, 0.2) is 11.5 Å². The zero-order valence-corrected chi connectivity index (χ0v) is 21.6. The van der Waals surface area contributed by atoms with E-state index in [9.17, 15) is 9.90 Å². The minimum atomic E-state index is -1.03. The van der Waals surface area contributed by atoms with Gasteiger partial charge in [-0.05, 0) is 68.3 Å². The fourth-order valence-electron chi connectivity index (χ4n) is 4.62. The number of nitrogens with zero attached hydrogens (tertiary/aromatic N) is 1. The van der Waals surface area contributed by atoms with E-state index < -0.39 is 18.2 Å². The highest BCUT2D eigenvalue weighted by Crippen LogP contribution is 2.34. The molecule has 3 atom stereocenters. The lowest BCUT2D eigenvalue weighted by Gasteiger charge is -2.31. The highest BCUT2D eigenvalue weighted by atomic mass is 16.6. The van der Waals surface area contributed by atoms with Gasteiger partial charge in [-0.2, -0.15) is 0 Å². The number of carbonyl (C=O) groups excluding carboxylic acids is 1. The summed E-state index contributed by atoms with van der Waals surface area (Å²) in [5, 5.41) is 11.3. The van der Waals surface area contributed by atoms with Gasteiger partial charge in [-0.15, -0.1) is 0 Å². The van der Waals surface area contributed by atoms with Crippen molar-refractivity contribution in [2.75, 3.05) is 53.2 Å². The Morgan fingerprint density at radius 1 is 1.11 bits per heavy atom. The van der Waals surface area contributed by atoms with Crippen LogP contribution >= 0.6 is 0 Å². The molecule has 0 bridgehead atoms. The Morgan fingerprint density at radius 3 is 2.62 bits per heavy atom. The monoisotopic (exact) mass is 515 g/mol. The number of aliphatic hydroxyl groups is 1. The van der Waals surface area contributed by atoms with Crippen LogP contribution in [0.15, 0.2) is 42.5 Å². The van der Waals surface area contributed by atoms with Gasteiger partial charge >= 0.3 is 5.97 Å². The van der Waals surface area contributed by atoms with Crippen molar-refractivity contribution in [1.82, 2.24) is 4.90 Å². The lowest BCUT2D eigenvalue weighted by Crippen LogP contribution is -2.42. The Bertz CT molecular complexity index is 998. The van der Waals surface area contributed by atoms with Crippen molar-refractivity contribution in [3.05, 3.63) is 48.0 Å². The molecule has 9 nitrogen and oxygen atoms in total. The number of benzene rings is 2. The molecule has 0 saturated carbocycles. The van der Waals surface area contributed by atoms with E-state index in [-0.39, 0.29) is 19.1 Å². The number of aliphatic hydroxyl groups excluding tert-OH is 1. The lowest BCUT2D eigenvalue weighted by molar-refractivity contribution is -0.157. The molecule has 0 aromatic heterocycles. The molecule has 2 aromatic rings. The summed E-state index contributed by atoms with van der Waals surface area (Å²) in [5.74, 6) is 2.15. The molecule has 37 heavy (non-hydrogen) atoms. The van der Waals surface area contributed by atoms with Gasteiger partial charge in [-0.1, -0.05) is 6.07 Å². The topological polar surface area (TPSA) is 95.9 Å². The van der Waals surface area contributed by atoms with E-state index in [1.54, 1.807) is 49.6 Å². The molecule has 0 amide bonds. The maximum absolute atomic E-state index is 12.8. The number of rotatable bonds is 13. The Morgan fingerprint density at radius 2 is 1.86 bits per heavy atom. The SMILES string of the molecule is CCOCC1CCCN1CC(OC(=O)CCOc1ccc(OC)cc1)C(O)c1ccc2c(c1)OCCO2. The van der Waals surface area contributed by atoms with E-state index in [0.717, 1.165) is 25.1 Å². The number of ether oxygens (including phenoxy) is 6. The molecule has 9 heteroatoms. The van der Waals surface area contributed by atoms with E-state index in [2.05, 4.69) is 4.90 Å². The summed E-state index contributed by atoms with van der Waals surface area (Å²) in [6, 6.07) is 12.7. The second-order valence-corrected chi connectivity index (χ2v) is 9.10. The Hall–Kier alpha value is -3.01. The van der Waals surface area contributed by atoms with Gasteiger partial charge < -0.3 is 33.5 Å². The average molecular weight is 516 g/mol. The predicted octanol–water partition coefficient (Wildman–Crippen LogP) is 3.38. The Balaban J connectivity index is 1.40. The molecule has 4 rings (SSSR count). The second kappa shape index (κ2) is 13.5. The van der Waals surface area contributed by atoms with Crippen LogP contribution in [0.3, 0.4) is 0 Å². The molecule has 1 N–H and O–H groups in total. The maximum atomic E-state index is 12.8. The largest absolute Gasteiger partial charge is 0.497 e. The van der Waals surface area contributed by atoms with Crippen LogP contribution in [0.5, 0.6) is 23.0 Å². The van der Waals surface area contributed by atoms with Crippen molar-refractivity contribution in [2.45, 2.75) is 44.4 Å². The molecule has 1 fully saturated rings. The quantitative estimate of drug-likeness (QED) is 0.403. The fourth-order valence-corrected chi connectivity index (χ4v) is 4.62. The standard InChI is InChI=1S/C28H37NO8/c1-3-33-19-21-5-4-13-29(21)18-26(28(31)20-6-11-24-25(17-20)36-16-15-35-24)37-27(30)12-14-34-23-9-7-22(32-2)8-10-23/h6-11,17,21,26,28,31H,3-5,12-16,18-19H2,1-2H3. The summed E-state index contributed by atoms with van der Waals surface area (Å²) in [6.07, 6.45) is 0.303. The van der Waals surface area contributed by atoms with Gasteiger partial charge in [0.25, 0.3) is 0 Å². The zero-order chi connectivity index (χ0) is 26.0. The van der Waals surface area contributed by atoms with Crippen LogP contribution < -0.4 is 18.9 Å². The lowest BCUT2D eigenvalue weighted by atomic mass is 10.0. The highest BCUT2D eigenvalue weighted by molar-refractivity contribution is 5.69. The van der Waals surface area contributed by atoms with Crippen molar-refractivity contribution < 1.29 is 38.3 Å². The molecule has 2 heterocycles. The number of carbonyl (C=O) groups is 1. The summed E-state index contributed by atoms with van der Waals surface area (Å²) in [6.45, 7) is 5.61. The molecule has 2 aliphatic heterocycles. The van der Waals surface area contributed by atoms with Crippen molar-refractivity contribution in [3.8, 4) is 23.0 Å². The third-order valence-electron chi connectivity index (χ3n) is 6.60. The predicted molar refractivity (Wildman–Crippen MR) is 136 cm³/mol. The second-order valence-electron chi connectivity index (χ2n) is 9.10. The summed E-state index contributed by atoms with van der Waals surface area (Å²) in [7, 11) is 1.60. The molecule has 0 spiro atoms. The number of hydrogen-bond acceptors (Lipinski definition) is 9. The first-order valence-electron chi connectivity index (χ1n) is 12.9. The van der Waals surface area contributed by atoms with Gasteiger partial charge in [0.1, 0.15) is 36.9 Å². The first-order chi connectivity index (χ1) is 18.1. The first kappa shape index (κ1) is 27.0. The number of likely N-dealkylation sites (tertiary alicyclic amines) is 1. The van der Waals surface area contributed by atoms with E-state index in [1.165, 1.54) is 0 Å². The summed E-state index contributed by atoms with van der Waals surface area (Å²) in [4.78, 5) is 15.1. The molecule has 202 valence electrons. The van der Waals surface area contributed by atoms with Gasteiger partial charge in [0.05, 0.1) is 26.7 Å². The molecule has 3 unspecified atom stereocenters. The summed E-state index contributed by atoms with van der Waals surface area (Å²) >= 11 is 0. The normalized spacial score (nSPS) is 18.7. The van der Waals surface area contributed by atoms with Gasteiger partial charge in [0, 0.05) is 19.2 Å². The molecule has 0 aliphatic carbocycles. The molecular weight excluding hydrogens is 478 g/mol. The third-order valence-corrected chi connectivity index (χ3v) is 6.60.